The van der Waals surface area contributed by atoms with E-state index in [0.717, 1.165) is 0 Å². The fourth-order valence-corrected chi connectivity index (χ4v) is 1.73. The number of ether oxygens (including phenoxy) is 2. The molecule has 130 valence electrons. The Balaban J connectivity index is 2.55. The number of carbonyl (C=O) groups excluding carboxylic acids is 2. The number of aliphatic hydroxyl groups excluding tert-OH is 2. The Morgan fingerprint density at radius 2 is 1.96 bits per heavy atom. The van der Waals surface area contributed by atoms with Crippen LogP contribution in [-0.2, 0) is 9.47 Å². The van der Waals surface area contributed by atoms with Crippen molar-refractivity contribution in [2.75, 3.05) is 13.2 Å². The molecule has 1 rings (SSSR count). The highest BCUT2D eigenvalue weighted by molar-refractivity contribution is 5.87. The van der Waals surface area contributed by atoms with Crippen LogP contribution in [0.15, 0.2) is 12.1 Å². The lowest BCUT2D eigenvalue weighted by molar-refractivity contribution is 0.0110. The molecule has 0 aliphatic carbocycles. The molecule has 1 heterocycles. The molecule has 1 aromatic heterocycles. The molecule has 0 aromatic carbocycles. The summed E-state index contributed by atoms with van der Waals surface area (Å²) in [7, 11) is 0. The van der Waals surface area contributed by atoms with Gasteiger partial charge in [0.1, 0.15) is 23.5 Å². The van der Waals surface area contributed by atoms with E-state index in [1.807, 2.05) is 0 Å². The Morgan fingerprint density at radius 3 is 2.52 bits per heavy atom. The number of aromatic nitrogens is 1. The van der Waals surface area contributed by atoms with Gasteiger partial charge in [-0.25, -0.2) is 9.59 Å². The molecule has 0 aliphatic heterocycles. The Kier molecular flexibility index (Phi) is 6.59. The Morgan fingerprint density at radius 1 is 1.30 bits per heavy atom. The molecule has 0 saturated heterocycles. The molecule has 0 saturated carbocycles. The van der Waals surface area contributed by atoms with Gasteiger partial charge in [-0.15, -0.1) is 0 Å². The van der Waals surface area contributed by atoms with Crippen molar-refractivity contribution >= 4 is 12.1 Å². The van der Waals surface area contributed by atoms with E-state index in [0.29, 0.717) is 0 Å². The van der Waals surface area contributed by atoms with Crippen LogP contribution in [-0.4, -0.2) is 52.1 Å². The number of H-pyrrole nitrogens is 1. The molecule has 1 amide bonds. The van der Waals surface area contributed by atoms with Crippen LogP contribution in [0.2, 0.25) is 0 Å². The van der Waals surface area contributed by atoms with Crippen molar-refractivity contribution in [2.45, 2.75) is 45.5 Å². The first-order valence-electron chi connectivity index (χ1n) is 7.33. The number of aliphatic hydroxyl groups is 2. The van der Waals surface area contributed by atoms with E-state index in [2.05, 4.69) is 10.3 Å². The lowest BCUT2D eigenvalue weighted by atomic mass is 10.1. The first kappa shape index (κ1) is 19.0. The standard InChI is InChI=1S/C15H24N2O6/c1-5-22-13(20)10-7-6-9(17-10)12(19)11(18)8-16-14(21)23-15(2,3)4/h6-7,11-12,17-19H,5,8H2,1-4H3,(H,16,21). The lowest BCUT2D eigenvalue weighted by Crippen LogP contribution is -2.38. The van der Waals surface area contributed by atoms with E-state index in [1.54, 1.807) is 27.7 Å². The van der Waals surface area contributed by atoms with Gasteiger partial charge in [0, 0.05) is 12.2 Å². The summed E-state index contributed by atoms with van der Waals surface area (Å²) in [6.07, 6.45) is -3.26. The quantitative estimate of drug-likeness (QED) is 0.581. The number of hydrogen-bond acceptors (Lipinski definition) is 6. The average Bonchev–Trinajstić information content (AvgIpc) is 2.92. The van der Waals surface area contributed by atoms with Gasteiger partial charge in [0.2, 0.25) is 0 Å². The first-order chi connectivity index (χ1) is 10.6. The minimum absolute atomic E-state index is 0.174. The molecular formula is C15H24N2O6. The number of nitrogens with one attached hydrogen (secondary N) is 2. The predicted octanol–water partition coefficient (Wildman–Crippen LogP) is 1.11. The van der Waals surface area contributed by atoms with Crippen LogP contribution in [0.4, 0.5) is 4.79 Å². The smallest absolute Gasteiger partial charge is 0.407 e. The molecular weight excluding hydrogens is 304 g/mol. The third kappa shape index (κ3) is 6.29. The van der Waals surface area contributed by atoms with Crippen LogP contribution in [0.3, 0.4) is 0 Å². The van der Waals surface area contributed by atoms with Crippen molar-refractivity contribution in [2.24, 2.45) is 0 Å². The Bertz CT molecular complexity index is 534. The summed E-state index contributed by atoms with van der Waals surface area (Å²) >= 11 is 0. The van der Waals surface area contributed by atoms with Crippen molar-refractivity contribution < 1.29 is 29.3 Å². The molecule has 2 atom stereocenters. The number of amides is 1. The molecule has 8 nitrogen and oxygen atoms in total. The maximum atomic E-state index is 11.5. The maximum absolute atomic E-state index is 11.5. The molecule has 0 bridgehead atoms. The molecule has 8 heteroatoms. The summed E-state index contributed by atoms with van der Waals surface area (Å²) in [5, 5.41) is 22.3. The summed E-state index contributed by atoms with van der Waals surface area (Å²) in [5.74, 6) is -0.549. The number of carbonyl (C=O) groups is 2. The van der Waals surface area contributed by atoms with Crippen molar-refractivity contribution in [3.63, 3.8) is 0 Å². The fraction of sp³-hybridized carbons (Fsp3) is 0.600. The first-order valence-corrected chi connectivity index (χ1v) is 7.33. The Hall–Kier alpha value is -2.06. The van der Waals surface area contributed by atoms with Crippen LogP contribution in [0, 0.1) is 0 Å². The summed E-state index contributed by atoms with van der Waals surface area (Å²) < 4.78 is 9.84. The van der Waals surface area contributed by atoms with Crippen LogP contribution >= 0.6 is 0 Å². The second-order valence-corrected chi connectivity index (χ2v) is 5.94. The SMILES string of the molecule is CCOC(=O)c1ccc(C(O)C(O)CNC(=O)OC(C)(C)C)[nH]1. The van der Waals surface area contributed by atoms with E-state index in [-0.39, 0.29) is 24.5 Å². The average molecular weight is 328 g/mol. The zero-order valence-corrected chi connectivity index (χ0v) is 13.8. The van der Waals surface area contributed by atoms with E-state index in [9.17, 15) is 19.8 Å². The zero-order chi connectivity index (χ0) is 17.6. The molecule has 1 aromatic rings. The second kappa shape index (κ2) is 7.98. The van der Waals surface area contributed by atoms with Crippen molar-refractivity contribution in [3.8, 4) is 0 Å². The third-order valence-corrected chi connectivity index (χ3v) is 2.74. The van der Waals surface area contributed by atoms with Gasteiger partial charge in [-0.2, -0.15) is 0 Å². The van der Waals surface area contributed by atoms with Gasteiger partial charge in [0.25, 0.3) is 0 Å². The monoisotopic (exact) mass is 328 g/mol. The van der Waals surface area contributed by atoms with Crippen LogP contribution in [0.5, 0.6) is 0 Å². The molecule has 0 fully saturated rings. The number of hydrogen-bond donors (Lipinski definition) is 4. The highest BCUT2D eigenvalue weighted by atomic mass is 16.6. The van der Waals surface area contributed by atoms with Crippen molar-refractivity contribution in [3.05, 3.63) is 23.5 Å². The van der Waals surface area contributed by atoms with Gasteiger partial charge in [0.15, 0.2) is 0 Å². The highest BCUT2D eigenvalue weighted by Gasteiger charge is 2.23. The molecule has 0 radical (unpaired) electrons. The lowest BCUT2D eigenvalue weighted by Gasteiger charge is -2.21. The van der Waals surface area contributed by atoms with Crippen LogP contribution in [0.1, 0.15) is 50.0 Å². The normalized spacial score (nSPS) is 14.0. The number of aromatic amines is 1. The summed E-state index contributed by atoms with van der Waals surface area (Å²) in [6.45, 7) is 6.86. The molecule has 0 aliphatic rings. The van der Waals surface area contributed by atoms with E-state index in [1.165, 1.54) is 12.1 Å². The van der Waals surface area contributed by atoms with Gasteiger partial charge < -0.3 is 30.0 Å². The van der Waals surface area contributed by atoms with Crippen LogP contribution < -0.4 is 5.32 Å². The van der Waals surface area contributed by atoms with Crippen molar-refractivity contribution in [1.29, 1.82) is 0 Å². The summed E-state index contributed by atoms with van der Waals surface area (Å²) in [4.78, 5) is 25.7. The van der Waals surface area contributed by atoms with Crippen LogP contribution in [0.25, 0.3) is 0 Å². The summed E-state index contributed by atoms with van der Waals surface area (Å²) in [5.41, 5.74) is -0.235. The molecule has 0 spiro atoms. The van der Waals surface area contributed by atoms with E-state index in [4.69, 9.17) is 9.47 Å². The minimum Gasteiger partial charge on any atom is -0.461 e. The third-order valence-electron chi connectivity index (χ3n) is 2.74. The van der Waals surface area contributed by atoms with Gasteiger partial charge in [-0.1, -0.05) is 0 Å². The predicted molar refractivity (Wildman–Crippen MR) is 82.0 cm³/mol. The molecule has 2 unspecified atom stereocenters. The maximum Gasteiger partial charge on any atom is 0.407 e. The van der Waals surface area contributed by atoms with Gasteiger partial charge >= 0.3 is 12.1 Å². The topological polar surface area (TPSA) is 121 Å². The number of rotatable bonds is 6. The van der Waals surface area contributed by atoms with E-state index >= 15 is 0 Å². The number of alkyl carbamates (subject to hydrolysis) is 1. The molecule has 4 N–H and O–H groups in total. The number of esters is 1. The van der Waals surface area contributed by atoms with E-state index < -0.39 is 29.9 Å². The summed E-state index contributed by atoms with van der Waals surface area (Å²) in [6, 6.07) is 2.91. The largest absolute Gasteiger partial charge is 0.461 e. The highest BCUT2D eigenvalue weighted by Crippen LogP contribution is 2.17. The van der Waals surface area contributed by atoms with Gasteiger partial charge in [0.05, 0.1) is 6.61 Å². The second-order valence-electron chi connectivity index (χ2n) is 5.94. The van der Waals surface area contributed by atoms with Crippen molar-refractivity contribution in [1.82, 2.24) is 10.3 Å². The van der Waals surface area contributed by atoms with Gasteiger partial charge in [-0.3, -0.25) is 0 Å². The molecule has 23 heavy (non-hydrogen) atoms. The zero-order valence-electron chi connectivity index (χ0n) is 13.8. The fourth-order valence-electron chi connectivity index (χ4n) is 1.73. The van der Waals surface area contributed by atoms with Gasteiger partial charge in [-0.05, 0) is 39.8 Å². The Labute approximate surface area is 134 Å². The minimum atomic E-state index is -1.30.